The lowest BCUT2D eigenvalue weighted by molar-refractivity contribution is -0.120. The zero-order valence-electron chi connectivity index (χ0n) is 13.0. The molecule has 0 bridgehead atoms. The molecule has 0 spiro atoms. The van der Waals surface area contributed by atoms with Crippen molar-refractivity contribution in [3.63, 3.8) is 0 Å². The fourth-order valence-electron chi connectivity index (χ4n) is 2.64. The Labute approximate surface area is 127 Å². The summed E-state index contributed by atoms with van der Waals surface area (Å²) in [6.45, 7) is 4.14. The van der Waals surface area contributed by atoms with E-state index in [0.29, 0.717) is 0 Å². The Morgan fingerprint density at radius 1 is 1.38 bits per heavy atom. The van der Waals surface area contributed by atoms with Crippen molar-refractivity contribution in [2.45, 2.75) is 58.1 Å². The van der Waals surface area contributed by atoms with Gasteiger partial charge in [-0.05, 0) is 56.9 Å². The van der Waals surface area contributed by atoms with E-state index in [9.17, 15) is 4.79 Å². The molecule has 2 rings (SSSR count). The molecule has 3 unspecified atom stereocenters. The maximum Gasteiger partial charge on any atom is 0.227 e. The average molecular weight is 290 g/mol. The number of rotatable bonds is 5. The zero-order valence-corrected chi connectivity index (χ0v) is 13.0. The molecule has 4 heteroatoms. The quantitative estimate of drug-likeness (QED) is 0.874. The van der Waals surface area contributed by atoms with Crippen LogP contribution in [0.15, 0.2) is 24.3 Å². The molecule has 116 valence electrons. The van der Waals surface area contributed by atoms with Gasteiger partial charge < -0.3 is 15.8 Å². The Morgan fingerprint density at radius 2 is 2.10 bits per heavy atom. The first kappa shape index (κ1) is 15.8. The van der Waals surface area contributed by atoms with E-state index in [4.69, 9.17) is 10.5 Å². The van der Waals surface area contributed by atoms with E-state index < -0.39 is 0 Å². The summed E-state index contributed by atoms with van der Waals surface area (Å²) >= 11 is 0. The minimum Gasteiger partial charge on any atom is -0.491 e. The number of nitrogens with two attached hydrogens (primary N) is 1. The van der Waals surface area contributed by atoms with E-state index in [0.717, 1.165) is 43.5 Å². The normalized spacial score (nSPS) is 23.4. The van der Waals surface area contributed by atoms with Gasteiger partial charge in [0.05, 0.1) is 6.10 Å². The van der Waals surface area contributed by atoms with Gasteiger partial charge >= 0.3 is 0 Å². The van der Waals surface area contributed by atoms with Crippen LogP contribution in [0.4, 0.5) is 5.69 Å². The molecule has 0 heterocycles. The Morgan fingerprint density at radius 3 is 2.71 bits per heavy atom. The average Bonchev–Trinajstić information content (AvgIpc) is 2.49. The van der Waals surface area contributed by atoms with Gasteiger partial charge in [-0.2, -0.15) is 0 Å². The van der Waals surface area contributed by atoms with Crippen LogP contribution >= 0.6 is 0 Å². The second-order valence-electron chi connectivity index (χ2n) is 5.97. The van der Waals surface area contributed by atoms with E-state index in [2.05, 4.69) is 12.2 Å². The molecule has 0 saturated heterocycles. The first-order chi connectivity index (χ1) is 10.1. The van der Waals surface area contributed by atoms with Crippen molar-refractivity contribution < 1.29 is 9.53 Å². The fourth-order valence-corrected chi connectivity index (χ4v) is 2.64. The number of amides is 1. The Hall–Kier alpha value is -1.55. The van der Waals surface area contributed by atoms with Gasteiger partial charge in [-0.25, -0.2) is 0 Å². The number of benzene rings is 1. The molecule has 21 heavy (non-hydrogen) atoms. The van der Waals surface area contributed by atoms with Crippen molar-refractivity contribution in [2.24, 2.45) is 11.7 Å². The van der Waals surface area contributed by atoms with Crippen molar-refractivity contribution >= 4 is 11.6 Å². The third-order valence-corrected chi connectivity index (χ3v) is 4.12. The lowest BCUT2D eigenvalue weighted by atomic mass is 9.85. The first-order valence-electron chi connectivity index (χ1n) is 7.91. The van der Waals surface area contributed by atoms with Crippen molar-refractivity contribution in [3.8, 4) is 5.75 Å². The second kappa shape index (κ2) is 7.46. The largest absolute Gasteiger partial charge is 0.491 e. The van der Waals surface area contributed by atoms with Crippen LogP contribution in [0.5, 0.6) is 5.75 Å². The highest BCUT2D eigenvalue weighted by atomic mass is 16.5. The number of nitrogens with one attached hydrogen (secondary N) is 1. The molecular weight excluding hydrogens is 264 g/mol. The molecule has 0 aromatic heterocycles. The number of anilines is 1. The van der Waals surface area contributed by atoms with Crippen molar-refractivity contribution in [3.05, 3.63) is 24.3 Å². The van der Waals surface area contributed by atoms with Crippen molar-refractivity contribution in [1.82, 2.24) is 0 Å². The Kier molecular flexibility index (Phi) is 5.62. The van der Waals surface area contributed by atoms with Crippen LogP contribution in [0.3, 0.4) is 0 Å². The summed E-state index contributed by atoms with van der Waals surface area (Å²) < 4.78 is 5.72. The van der Waals surface area contributed by atoms with E-state index in [1.165, 1.54) is 0 Å². The topological polar surface area (TPSA) is 64.3 Å². The minimum atomic E-state index is 0.0461. The number of carbonyl (C=O) groups is 1. The molecular formula is C17H26N2O2. The summed E-state index contributed by atoms with van der Waals surface area (Å²) in [5.41, 5.74) is 6.75. The third-order valence-electron chi connectivity index (χ3n) is 4.12. The molecule has 1 aliphatic rings. The molecule has 1 aromatic carbocycles. The van der Waals surface area contributed by atoms with Gasteiger partial charge in [-0.3, -0.25) is 4.79 Å². The summed E-state index contributed by atoms with van der Waals surface area (Å²) in [5, 5.41) is 2.98. The number of carbonyl (C=O) groups excluding carboxylic acids is 1. The molecule has 1 aromatic rings. The van der Waals surface area contributed by atoms with Crippen LogP contribution in [-0.4, -0.2) is 18.1 Å². The predicted octanol–water partition coefficient (Wildman–Crippen LogP) is 3.32. The highest BCUT2D eigenvalue weighted by molar-refractivity contribution is 5.92. The maximum atomic E-state index is 12.2. The molecule has 1 fully saturated rings. The van der Waals surface area contributed by atoms with Crippen molar-refractivity contribution in [2.75, 3.05) is 5.32 Å². The minimum absolute atomic E-state index is 0.0461. The first-order valence-corrected chi connectivity index (χ1v) is 7.91. The molecule has 0 radical (unpaired) electrons. The standard InChI is InChI=1S/C17H26N2O2/c1-3-12(2)21-16-9-7-15(8-10-16)19-17(20)13-5-4-6-14(18)11-13/h7-10,12-14H,3-6,11,18H2,1-2H3,(H,19,20). The zero-order chi connectivity index (χ0) is 15.2. The summed E-state index contributed by atoms with van der Waals surface area (Å²) in [6.07, 6.45) is 4.98. The lowest BCUT2D eigenvalue weighted by Gasteiger charge is -2.25. The molecule has 0 aliphatic heterocycles. The predicted molar refractivity (Wildman–Crippen MR) is 85.4 cm³/mol. The number of ether oxygens (including phenoxy) is 1. The maximum absolute atomic E-state index is 12.2. The van der Waals surface area contributed by atoms with E-state index in [-0.39, 0.29) is 24.0 Å². The van der Waals surface area contributed by atoms with Gasteiger partial charge in [-0.15, -0.1) is 0 Å². The Bertz CT molecular complexity index is 458. The van der Waals surface area contributed by atoms with Gasteiger partial charge in [0.15, 0.2) is 0 Å². The molecule has 3 atom stereocenters. The third kappa shape index (κ3) is 4.74. The fraction of sp³-hybridized carbons (Fsp3) is 0.588. The van der Waals surface area contributed by atoms with Gasteiger partial charge in [0, 0.05) is 17.6 Å². The molecule has 1 aliphatic carbocycles. The van der Waals surface area contributed by atoms with Crippen LogP contribution in [0.25, 0.3) is 0 Å². The SMILES string of the molecule is CCC(C)Oc1ccc(NC(=O)C2CCCC(N)C2)cc1. The summed E-state index contributed by atoms with van der Waals surface area (Å²) in [5.74, 6) is 0.965. The smallest absolute Gasteiger partial charge is 0.227 e. The van der Waals surface area contributed by atoms with Gasteiger partial charge in [0.1, 0.15) is 5.75 Å². The van der Waals surface area contributed by atoms with Gasteiger partial charge in [0.2, 0.25) is 5.91 Å². The monoisotopic (exact) mass is 290 g/mol. The molecule has 1 amide bonds. The Balaban J connectivity index is 1.89. The molecule has 3 N–H and O–H groups in total. The molecule has 1 saturated carbocycles. The van der Waals surface area contributed by atoms with Crippen molar-refractivity contribution in [1.29, 1.82) is 0 Å². The number of hydrogen-bond donors (Lipinski definition) is 2. The van der Waals surface area contributed by atoms with Gasteiger partial charge in [0.25, 0.3) is 0 Å². The second-order valence-corrected chi connectivity index (χ2v) is 5.97. The van der Waals surface area contributed by atoms with Crippen LogP contribution in [-0.2, 0) is 4.79 Å². The van der Waals surface area contributed by atoms with E-state index in [1.54, 1.807) is 0 Å². The summed E-state index contributed by atoms with van der Waals surface area (Å²) in [6, 6.07) is 7.74. The number of hydrogen-bond acceptors (Lipinski definition) is 3. The van der Waals surface area contributed by atoms with Gasteiger partial charge in [-0.1, -0.05) is 13.3 Å². The van der Waals surface area contributed by atoms with Crippen LogP contribution in [0.1, 0.15) is 46.0 Å². The molecule has 4 nitrogen and oxygen atoms in total. The van der Waals surface area contributed by atoms with E-state index >= 15 is 0 Å². The van der Waals surface area contributed by atoms with Crippen LogP contribution < -0.4 is 15.8 Å². The van der Waals surface area contributed by atoms with E-state index in [1.807, 2.05) is 31.2 Å². The summed E-state index contributed by atoms with van der Waals surface area (Å²) in [7, 11) is 0. The van der Waals surface area contributed by atoms with Crippen LogP contribution in [0, 0.1) is 5.92 Å². The van der Waals surface area contributed by atoms with Crippen LogP contribution in [0.2, 0.25) is 0 Å². The highest BCUT2D eigenvalue weighted by Crippen LogP contribution is 2.25. The highest BCUT2D eigenvalue weighted by Gasteiger charge is 2.25. The lowest BCUT2D eigenvalue weighted by Crippen LogP contribution is -2.34. The summed E-state index contributed by atoms with van der Waals surface area (Å²) in [4.78, 5) is 12.2.